The smallest absolute Gasteiger partial charge is 0.270 e. The first-order chi connectivity index (χ1) is 13.5. The Morgan fingerprint density at radius 1 is 1.11 bits per heavy atom. The highest BCUT2D eigenvalue weighted by molar-refractivity contribution is 6.31. The van der Waals surface area contributed by atoms with Crippen LogP contribution in [0.3, 0.4) is 0 Å². The molecule has 2 aromatic carbocycles. The van der Waals surface area contributed by atoms with Crippen LogP contribution in [-0.4, -0.2) is 29.5 Å². The molecule has 3 aromatic rings. The van der Waals surface area contributed by atoms with E-state index in [1.165, 1.54) is 6.33 Å². The Balaban J connectivity index is 1.57. The molecule has 1 amide bonds. The van der Waals surface area contributed by atoms with Crippen molar-refractivity contribution in [1.29, 1.82) is 0 Å². The molecule has 0 fully saturated rings. The Labute approximate surface area is 168 Å². The monoisotopic (exact) mass is 396 g/mol. The number of rotatable bonds is 7. The maximum atomic E-state index is 12.4. The quantitative estimate of drug-likeness (QED) is 0.627. The average Bonchev–Trinajstić information content (AvgIpc) is 2.71. The normalized spacial score (nSPS) is 10.4. The minimum atomic E-state index is -0.249. The lowest BCUT2D eigenvalue weighted by Crippen LogP contribution is -2.26. The number of amides is 1. The van der Waals surface area contributed by atoms with Crippen LogP contribution >= 0.6 is 11.6 Å². The highest BCUT2D eigenvalue weighted by atomic mass is 35.5. The molecule has 144 valence electrons. The molecular formula is C21H21ClN4O2. The van der Waals surface area contributed by atoms with E-state index in [1.807, 2.05) is 49.4 Å². The number of ether oxygens (including phenoxy) is 1. The van der Waals surface area contributed by atoms with Gasteiger partial charge in [0.1, 0.15) is 23.6 Å². The first-order valence-electron chi connectivity index (χ1n) is 8.81. The molecule has 6 nitrogen and oxygen atoms in total. The summed E-state index contributed by atoms with van der Waals surface area (Å²) in [6.45, 7) is 2.44. The van der Waals surface area contributed by atoms with Gasteiger partial charge in [-0.1, -0.05) is 29.8 Å². The van der Waals surface area contributed by atoms with E-state index in [-0.39, 0.29) is 5.91 Å². The molecule has 1 aromatic heterocycles. The van der Waals surface area contributed by atoms with Crippen molar-refractivity contribution in [3.8, 4) is 5.75 Å². The molecule has 0 aliphatic carbocycles. The van der Waals surface area contributed by atoms with Gasteiger partial charge in [-0.25, -0.2) is 9.97 Å². The first-order valence-corrected chi connectivity index (χ1v) is 9.19. The summed E-state index contributed by atoms with van der Waals surface area (Å²) in [5, 5.41) is 6.67. The summed E-state index contributed by atoms with van der Waals surface area (Å²) in [6, 6.07) is 15.0. The molecule has 0 radical (unpaired) electrons. The van der Waals surface area contributed by atoms with Gasteiger partial charge in [0.15, 0.2) is 0 Å². The number of methoxy groups -OCH3 is 1. The topological polar surface area (TPSA) is 76.1 Å². The number of nitrogens with one attached hydrogen (secondary N) is 2. The van der Waals surface area contributed by atoms with Gasteiger partial charge in [0, 0.05) is 23.3 Å². The zero-order valence-corrected chi connectivity index (χ0v) is 16.5. The maximum Gasteiger partial charge on any atom is 0.270 e. The van der Waals surface area contributed by atoms with Gasteiger partial charge in [0.05, 0.1) is 7.11 Å². The van der Waals surface area contributed by atoms with Gasteiger partial charge >= 0.3 is 0 Å². The molecule has 3 rings (SSSR count). The Morgan fingerprint density at radius 3 is 2.61 bits per heavy atom. The first kappa shape index (κ1) is 19.6. The number of anilines is 2. The molecule has 0 aliphatic heterocycles. The number of hydrogen-bond acceptors (Lipinski definition) is 5. The number of aromatic nitrogens is 2. The molecular weight excluding hydrogens is 376 g/mol. The second-order valence-corrected chi connectivity index (χ2v) is 6.64. The van der Waals surface area contributed by atoms with Crippen LogP contribution in [0, 0.1) is 6.92 Å². The van der Waals surface area contributed by atoms with Gasteiger partial charge in [-0.2, -0.15) is 0 Å². The van der Waals surface area contributed by atoms with E-state index in [0.717, 1.165) is 22.6 Å². The van der Waals surface area contributed by atoms with Crippen molar-refractivity contribution >= 4 is 29.0 Å². The minimum absolute atomic E-state index is 0.249. The molecule has 1 heterocycles. The van der Waals surface area contributed by atoms with Crippen LogP contribution in [0.25, 0.3) is 0 Å². The molecule has 0 bridgehead atoms. The van der Waals surface area contributed by atoms with Crippen LogP contribution in [0.2, 0.25) is 5.02 Å². The lowest BCUT2D eigenvalue weighted by Gasteiger charge is -2.09. The van der Waals surface area contributed by atoms with Gasteiger partial charge in [-0.3, -0.25) is 4.79 Å². The number of halogens is 1. The highest BCUT2D eigenvalue weighted by Gasteiger charge is 2.09. The van der Waals surface area contributed by atoms with Crippen LogP contribution in [0.15, 0.2) is 54.9 Å². The van der Waals surface area contributed by atoms with E-state index >= 15 is 0 Å². The Morgan fingerprint density at radius 2 is 1.89 bits per heavy atom. The van der Waals surface area contributed by atoms with Gasteiger partial charge in [-0.15, -0.1) is 0 Å². The average molecular weight is 397 g/mol. The van der Waals surface area contributed by atoms with Crippen LogP contribution < -0.4 is 15.4 Å². The van der Waals surface area contributed by atoms with E-state index in [1.54, 1.807) is 13.2 Å². The van der Waals surface area contributed by atoms with Gasteiger partial charge in [0.25, 0.3) is 5.91 Å². The molecule has 0 atom stereocenters. The summed E-state index contributed by atoms with van der Waals surface area (Å²) in [5.74, 6) is 1.08. The van der Waals surface area contributed by atoms with Crippen LogP contribution in [0.1, 0.15) is 21.6 Å². The lowest BCUT2D eigenvalue weighted by molar-refractivity contribution is 0.0949. The molecule has 0 saturated carbocycles. The van der Waals surface area contributed by atoms with Crippen LogP contribution in [0.4, 0.5) is 11.5 Å². The summed E-state index contributed by atoms with van der Waals surface area (Å²) >= 11 is 6.14. The fourth-order valence-electron chi connectivity index (χ4n) is 2.57. The van der Waals surface area contributed by atoms with Gasteiger partial charge < -0.3 is 15.4 Å². The molecule has 0 spiro atoms. The van der Waals surface area contributed by atoms with Crippen molar-refractivity contribution in [3.05, 3.63) is 76.7 Å². The SMILES string of the molecule is COc1ccc(CCNC(=O)c2cc(Nc3ccc(C)c(Cl)c3)ncn2)cc1. The fraction of sp³-hybridized carbons (Fsp3) is 0.190. The molecule has 0 saturated heterocycles. The van der Waals surface area contributed by atoms with Crippen molar-refractivity contribution in [2.24, 2.45) is 0 Å². The number of hydrogen-bond donors (Lipinski definition) is 2. The van der Waals surface area contributed by atoms with Crippen molar-refractivity contribution in [2.45, 2.75) is 13.3 Å². The fourth-order valence-corrected chi connectivity index (χ4v) is 2.75. The number of carbonyl (C=O) groups excluding carboxylic acids is 1. The molecule has 28 heavy (non-hydrogen) atoms. The molecule has 2 N–H and O–H groups in total. The van der Waals surface area contributed by atoms with Crippen LogP contribution in [-0.2, 0) is 6.42 Å². The van der Waals surface area contributed by atoms with Crippen molar-refractivity contribution in [3.63, 3.8) is 0 Å². The third kappa shape index (κ3) is 5.20. The van der Waals surface area contributed by atoms with Crippen molar-refractivity contribution in [1.82, 2.24) is 15.3 Å². The maximum absolute atomic E-state index is 12.4. The highest BCUT2D eigenvalue weighted by Crippen LogP contribution is 2.22. The number of benzene rings is 2. The van der Waals surface area contributed by atoms with Crippen molar-refractivity contribution in [2.75, 3.05) is 19.0 Å². The Bertz CT molecular complexity index is 961. The van der Waals surface area contributed by atoms with E-state index in [0.29, 0.717) is 29.5 Å². The number of aryl methyl sites for hydroxylation is 1. The largest absolute Gasteiger partial charge is 0.497 e. The van der Waals surface area contributed by atoms with E-state index in [4.69, 9.17) is 16.3 Å². The predicted octanol–water partition coefficient (Wildman–Crippen LogP) is 4.16. The summed E-state index contributed by atoms with van der Waals surface area (Å²) < 4.78 is 5.14. The van der Waals surface area contributed by atoms with Crippen LogP contribution in [0.5, 0.6) is 5.75 Å². The third-order valence-corrected chi connectivity index (χ3v) is 4.61. The zero-order chi connectivity index (χ0) is 19.9. The van der Waals surface area contributed by atoms with E-state index in [2.05, 4.69) is 20.6 Å². The summed E-state index contributed by atoms with van der Waals surface area (Å²) in [7, 11) is 1.63. The minimum Gasteiger partial charge on any atom is -0.497 e. The predicted molar refractivity (Wildman–Crippen MR) is 111 cm³/mol. The lowest BCUT2D eigenvalue weighted by atomic mass is 10.1. The summed E-state index contributed by atoms with van der Waals surface area (Å²) in [4.78, 5) is 20.6. The van der Waals surface area contributed by atoms with E-state index in [9.17, 15) is 4.79 Å². The Kier molecular flexibility index (Phi) is 6.45. The summed E-state index contributed by atoms with van der Waals surface area (Å²) in [6.07, 6.45) is 2.07. The van der Waals surface area contributed by atoms with Gasteiger partial charge in [0.2, 0.25) is 0 Å². The number of carbonyl (C=O) groups is 1. The molecule has 0 unspecified atom stereocenters. The van der Waals surface area contributed by atoms with Crippen molar-refractivity contribution < 1.29 is 9.53 Å². The standard InChI is InChI=1S/C21H21ClN4O2/c1-14-3-6-16(11-18(14)22)26-20-12-19(24-13-25-20)21(27)23-10-9-15-4-7-17(28-2)8-5-15/h3-8,11-13H,9-10H2,1-2H3,(H,23,27)(H,24,25,26). The second kappa shape index (κ2) is 9.19. The second-order valence-electron chi connectivity index (χ2n) is 6.23. The van der Waals surface area contributed by atoms with E-state index < -0.39 is 0 Å². The molecule has 7 heteroatoms. The molecule has 0 aliphatic rings. The zero-order valence-electron chi connectivity index (χ0n) is 15.7. The van der Waals surface area contributed by atoms with Gasteiger partial charge in [-0.05, 0) is 48.7 Å². The Hall–Kier alpha value is -3.12. The third-order valence-electron chi connectivity index (χ3n) is 4.20. The summed E-state index contributed by atoms with van der Waals surface area (Å²) in [5.41, 5.74) is 3.19. The number of nitrogens with zero attached hydrogens (tertiary/aromatic N) is 2.